The molecule has 0 aliphatic carbocycles. The lowest BCUT2D eigenvalue weighted by molar-refractivity contribution is 0.0244. The summed E-state index contributed by atoms with van der Waals surface area (Å²) in [7, 11) is 1.67. The Hall–Kier alpha value is -2.86. The van der Waals surface area contributed by atoms with Gasteiger partial charge in [0.05, 0.1) is 12.7 Å². The Balaban J connectivity index is 1.72. The summed E-state index contributed by atoms with van der Waals surface area (Å²) in [5.41, 5.74) is 3.19. The number of H-pyrrole nitrogens is 1. The van der Waals surface area contributed by atoms with E-state index in [1.54, 1.807) is 38.3 Å². The molecule has 0 amide bonds. The Labute approximate surface area is 175 Å². The molecule has 0 spiro atoms. The number of aromatic amines is 1. The Bertz CT molecular complexity index is 1070. The number of aromatic nitrogens is 1. The van der Waals surface area contributed by atoms with E-state index < -0.39 is 11.6 Å². The molecule has 5 nitrogen and oxygen atoms in total. The smallest absolute Gasteiger partial charge is 0.335 e. The molecule has 6 heteroatoms. The van der Waals surface area contributed by atoms with Crippen molar-refractivity contribution in [2.45, 2.75) is 44.9 Å². The van der Waals surface area contributed by atoms with Crippen molar-refractivity contribution >= 4 is 16.9 Å². The number of nitrogens with zero attached hydrogens (tertiary/aromatic N) is 1. The molecule has 30 heavy (non-hydrogen) atoms. The summed E-state index contributed by atoms with van der Waals surface area (Å²) in [6.45, 7) is 4.94. The maximum atomic E-state index is 15.0. The van der Waals surface area contributed by atoms with E-state index in [0.29, 0.717) is 25.9 Å². The number of carboxylic acid groups (broad SMARTS) is 1. The first-order valence-electron chi connectivity index (χ1n) is 10.2. The number of carbonyl (C=O) groups is 1. The van der Waals surface area contributed by atoms with Crippen LogP contribution in [0.15, 0.2) is 42.6 Å². The van der Waals surface area contributed by atoms with Crippen LogP contribution in [0.1, 0.15) is 52.9 Å². The van der Waals surface area contributed by atoms with Crippen LogP contribution in [0.25, 0.3) is 10.9 Å². The van der Waals surface area contributed by atoms with Crippen LogP contribution in [0.5, 0.6) is 5.75 Å². The van der Waals surface area contributed by atoms with Gasteiger partial charge in [-0.15, -0.1) is 0 Å². The first kappa shape index (κ1) is 20.4. The number of hydrogen-bond acceptors (Lipinski definition) is 3. The van der Waals surface area contributed by atoms with Crippen LogP contribution >= 0.6 is 0 Å². The minimum Gasteiger partial charge on any atom is -0.496 e. The highest BCUT2D eigenvalue weighted by Gasteiger charge is 2.37. The first-order valence-corrected chi connectivity index (χ1v) is 10.2. The van der Waals surface area contributed by atoms with E-state index in [-0.39, 0.29) is 11.6 Å². The lowest BCUT2D eigenvalue weighted by Gasteiger charge is -2.42. The maximum absolute atomic E-state index is 15.0. The molecule has 2 atom stereocenters. The highest BCUT2D eigenvalue weighted by molar-refractivity contribution is 5.88. The van der Waals surface area contributed by atoms with Crippen molar-refractivity contribution in [2.75, 3.05) is 13.7 Å². The van der Waals surface area contributed by atoms with Crippen molar-refractivity contribution in [3.05, 3.63) is 64.8 Å². The minimum atomic E-state index is -1.26. The molecule has 2 N–H and O–H groups in total. The van der Waals surface area contributed by atoms with Gasteiger partial charge in [-0.3, -0.25) is 4.90 Å². The number of rotatable bonds is 5. The van der Waals surface area contributed by atoms with Crippen molar-refractivity contribution in [3.8, 4) is 5.75 Å². The summed E-state index contributed by atoms with van der Waals surface area (Å²) < 4.78 is 20.7. The molecular formula is C24H27FN2O3. The van der Waals surface area contributed by atoms with E-state index in [1.165, 1.54) is 0 Å². The van der Waals surface area contributed by atoms with Gasteiger partial charge in [0.25, 0.3) is 0 Å². The highest BCUT2D eigenvalue weighted by Crippen LogP contribution is 2.41. The van der Waals surface area contributed by atoms with E-state index in [2.05, 4.69) is 16.0 Å². The van der Waals surface area contributed by atoms with Crippen LogP contribution in [-0.4, -0.2) is 40.3 Å². The SMILES string of the molecule is COc1cc(C)c2[nH]ccc2c1CN1CCC(C)(F)CC1c1ccc(C(=O)O)cc1. The number of nitrogens with one attached hydrogen (secondary N) is 1. The third-order valence-electron chi connectivity index (χ3n) is 6.22. The summed E-state index contributed by atoms with van der Waals surface area (Å²) in [4.78, 5) is 16.8. The number of alkyl halides is 1. The van der Waals surface area contributed by atoms with Gasteiger partial charge in [0.1, 0.15) is 11.4 Å². The number of fused-ring (bicyclic) bond motifs is 1. The zero-order valence-electron chi connectivity index (χ0n) is 17.5. The monoisotopic (exact) mass is 410 g/mol. The summed E-state index contributed by atoms with van der Waals surface area (Å²) >= 11 is 0. The average molecular weight is 410 g/mol. The second-order valence-electron chi connectivity index (χ2n) is 8.42. The van der Waals surface area contributed by atoms with Gasteiger partial charge in [0.15, 0.2) is 0 Å². The zero-order chi connectivity index (χ0) is 21.5. The first-order chi connectivity index (χ1) is 14.3. The molecular weight excluding hydrogens is 383 g/mol. The van der Waals surface area contributed by atoms with Crippen molar-refractivity contribution in [3.63, 3.8) is 0 Å². The number of aromatic carboxylic acids is 1. The van der Waals surface area contributed by atoms with E-state index in [0.717, 1.165) is 33.3 Å². The molecule has 2 aromatic carbocycles. The van der Waals surface area contributed by atoms with Crippen LogP contribution in [0.4, 0.5) is 4.39 Å². The van der Waals surface area contributed by atoms with Gasteiger partial charge in [-0.25, -0.2) is 9.18 Å². The van der Waals surface area contributed by atoms with E-state index >= 15 is 0 Å². The Morgan fingerprint density at radius 1 is 1.33 bits per heavy atom. The normalized spacial score (nSPS) is 22.3. The largest absolute Gasteiger partial charge is 0.496 e. The molecule has 0 saturated carbocycles. The Morgan fingerprint density at radius 3 is 2.73 bits per heavy atom. The fourth-order valence-electron chi connectivity index (χ4n) is 4.52. The average Bonchev–Trinajstić information content (AvgIpc) is 3.21. The molecule has 1 saturated heterocycles. The molecule has 0 bridgehead atoms. The predicted octanol–water partition coefficient (Wildman–Crippen LogP) is 5.25. The summed E-state index contributed by atoms with van der Waals surface area (Å²) in [5, 5.41) is 10.3. The number of likely N-dealkylation sites (tertiary alicyclic amines) is 1. The van der Waals surface area contributed by atoms with Crippen LogP contribution < -0.4 is 4.74 Å². The third-order valence-corrected chi connectivity index (χ3v) is 6.22. The van der Waals surface area contributed by atoms with E-state index in [4.69, 9.17) is 4.74 Å². The molecule has 3 aromatic rings. The van der Waals surface area contributed by atoms with Crippen LogP contribution in [0, 0.1) is 6.92 Å². The number of piperidine rings is 1. The number of halogens is 1. The van der Waals surface area contributed by atoms with Crippen molar-refractivity contribution in [1.29, 1.82) is 0 Å². The third kappa shape index (κ3) is 3.79. The summed E-state index contributed by atoms with van der Waals surface area (Å²) in [6.07, 6.45) is 2.75. The number of carboxylic acids is 1. The lowest BCUT2D eigenvalue weighted by Crippen LogP contribution is -2.42. The van der Waals surface area contributed by atoms with Gasteiger partial charge in [-0.2, -0.15) is 0 Å². The van der Waals surface area contributed by atoms with Gasteiger partial charge in [-0.1, -0.05) is 12.1 Å². The Kier molecular flexibility index (Phi) is 5.28. The predicted molar refractivity (Wildman–Crippen MR) is 115 cm³/mol. The van der Waals surface area contributed by atoms with Crippen LogP contribution in [0.3, 0.4) is 0 Å². The maximum Gasteiger partial charge on any atom is 0.335 e. The molecule has 1 aromatic heterocycles. The summed E-state index contributed by atoms with van der Waals surface area (Å²) in [6, 6.07) is 10.8. The molecule has 4 rings (SSSR count). The van der Waals surface area contributed by atoms with Crippen molar-refractivity contribution in [2.24, 2.45) is 0 Å². The van der Waals surface area contributed by atoms with E-state index in [1.807, 2.05) is 19.2 Å². The summed E-state index contributed by atoms with van der Waals surface area (Å²) in [5.74, 6) is -0.134. The number of hydrogen-bond donors (Lipinski definition) is 2. The van der Waals surface area contributed by atoms with Gasteiger partial charge >= 0.3 is 5.97 Å². The van der Waals surface area contributed by atoms with Gasteiger partial charge < -0.3 is 14.8 Å². The molecule has 2 heterocycles. The minimum absolute atomic E-state index is 0.142. The van der Waals surface area contributed by atoms with Crippen LogP contribution in [-0.2, 0) is 6.54 Å². The molecule has 1 fully saturated rings. The number of methoxy groups -OCH3 is 1. The molecule has 0 radical (unpaired) electrons. The molecule has 1 aliphatic rings. The second-order valence-corrected chi connectivity index (χ2v) is 8.42. The lowest BCUT2D eigenvalue weighted by atomic mass is 9.85. The van der Waals surface area contributed by atoms with Crippen molar-refractivity contribution < 1.29 is 19.0 Å². The van der Waals surface area contributed by atoms with Gasteiger partial charge in [0.2, 0.25) is 0 Å². The number of benzene rings is 2. The van der Waals surface area contributed by atoms with Crippen LogP contribution in [0.2, 0.25) is 0 Å². The quantitative estimate of drug-likeness (QED) is 0.603. The van der Waals surface area contributed by atoms with Gasteiger partial charge in [0, 0.05) is 48.2 Å². The fourth-order valence-corrected chi connectivity index (χ4v) is 4.52. The standard InChI is InChI=1S/C24H27FN2O3/c1-15-12-21(30-3)19(18-8-10-26-22(15)18)14-27-11-9-24(2,25)13-20(27)16-4-6-17(7-5-16)23(28)29/h4-8,10,12,20,26H,9,11,13-14H2,1-3H3,(H,28,29). The second kappa shape index (κ2) is 7.76. The molecule has 2 unspecified atom stereocenters. The highest BCUT2D eigenvalue weighted by atomic mass is 19.1. The van der Waals surface area contributed by atoms with Gasteiger partial charge in [-0.05, 0) is 55.7 Å². The zero-order valence-corrected chi connectivity index (χ0v) is 17.5. The van der Waals surface area contributed by atoms with E-state index in [9.17, 15) is 14.3 Å². The molecule has 158 valence electrons. The topological polar surface area (TPSA) is 65.6 Å². The molecule has 1 aliphatic heterocycles. The Morgan fingerprint density at radius 2 is 2.07 bits per heavy atom. The number of aryl methyl sites for hydroxylation is 1. The fraction of sp³-hybridized carbons (Fsp3) is 0.375. The number of ether oxygens (including phenoxy) is 1. The van der Waals surface area contributed by atoms with Crippen molar-refractivity contribution in [1.82, 2.24) is 9.88 Å².